The lowest BCUT2D eigenvalue weighted by molar-refractivity contribution is 0.150. The van der Waals surface area contributed by atoms with E-state index in [1.165, 1.54) is 21.8 Å². The number of alkyl halides is 2. The fourth-order valence-corrected chi connectivity index (χ4v) is 10.1. The molecule has 2 fully saturated rings. The van der Waals surface area contributed by atoms with E-state index in [4.69, 9.17) is 9.84 Å². The van der Waals surface area contributed by atoms with Crippen molar-refractivity contribution in [3.05, 3.63) is 58.6 Å². The molecular formula is C34H37F2N7O5S3. The number of benzene rings is 2. The molecule has 12 nitrogen and oxygen atoms in total. The maximum Gasteiger partial charge on any atom is 0.291 e. The van der Waals surface area contributed by atoms with Crippen LogP contribution in [0, 0.1) is 17.2 Å². The summed E-state index contributed by atoms with van der Waals surface area (Å²) in [7, 11) is -6.37. The molecule has 2 aromatic carbocycles. The molecule has 51 heavy (non-hydrogen) atoms. The molecule has 4 aromatic rings. The summed E-state index contributed by atoms with van der Waals surface area (Å²) in [5, 5.41) is 22.3. The van der Waals surface area contributed by atoms with Gasteiger partial charge in [0.2, 0.25) is 20.0 Å². The topological polar surface area (TPSA) is 151 Å². The average molecular weight is 758 g/mol. The van der Waals surface area contributed by atoms with Crippen LogP contribution in [-0.4, -0.2) is 76.4 Å². The zero-order valence-corrected chi connectivity index (χ0v) is 30.7. The molecule has 0 amide bonds. The summed E-state index contributed by atoms with van der Waals surface area (Å²) >= 11 is 0.697. The van der Waals surface area contributed by atoms with Gasteiger partial charge in [0, 0.05) is 37.1 Å². The van der Waals surface area contributed by atoms with Gasteiger partial charge in [-0.05, 0) is 87.3 Å². The number of rotatable bonds is 13. The average Bonchev–Trinajstić information content (AvgIpc) is 4.02. The molecule has 0 radical (unpaired) electrons. The number of sulfonamides is 2. The van der Waals surface area contributed by atoms with Gasteiger partial charge in [-0.15, -0.1) is 10.2 Å². The molecule has 0 N–H and O–H groups in total. The molecule has 0 saturated heterocycles. The van der Waals surface area contributed by atoms with E-state index in [1.807, 2.05) is 0 Å². The Labute approximate surface area is 299 Å². The molecule has 3 heterocycles. The van der Waals surface area contributed by atoms with Gasteiger partial charge in [-0.2, -0.15) is 19.0 Å². The van der Waals surface area contributed by atoms with E-state index >= 15 is 0 Å². The Bertz CT molecular complexity index is 2270. The van der Waals surface area contributed by atoms with Gasteiger partial charge in [0.25, 0.3) is 6.43 Å². The van der Waals surface area contributed by atoms with Crippen molar-refractivity contribution in [2.45, 2.75) is 81.2 Å². The Morgan fingerprint density at radius 3 is 2.39 bits per heavy atom. The maximum atomic E-state index is 14.9. The van der Waals surface area contributed by atoms with Crippen molar-refractivity contribution in [2.75, 3.05) is 20.2 Å². The molecule has 2 aliphatic carbocycles. The Hall–Kier alpha value is -3.82. The second-order valence-corrected chi connectivity index (χ2v) is 18.9. The number of hydrogen-bond acceptors (Lipinski definition) is 10. The Morgan fingerprint density at radius 1 is 1.12 bits per heavy atom. The van der Waals surface area contributed by atoms with Crippen molar-refractivity contribution >= 4 is 47.9 Å². The minimum atomic E-state index is -4.37. The number of nitrogens with zero attached hydrogens (tertiary/aromatic N) is 7. The lowest BCUT2D eigenvalue weighted by Gasteiger charge is -2.29. The van der Waals surface area contributed by atoms with Crippen molar-refractivity contribution in [3.63, 3.8) is 0 Å². The third-order valence-corrected chi connectivity index (χ3v) is 14.8. The van der Waals surface area contributed by atoms with Gasteiger partial charge in [-0.3, -0.25) is 4.68 Å². The Balaban J connectivity index is 1.42. The SMILES string of the molecule is COc1ccc(CN(C2(C#N)CC2)S(=O)(=O)c2cc(C3=CCN(S(=O)(=O)C(C)C)CC3)c3c(c2)c(-c2nnc(C(F)F)s2)nn3CC2CC2)cc1. The van der Waals surface area contributed by atoms with Crippen LogP contribution in [0.5, 0.6) is 5.75 Å². The smallest absolute Gasteiger partial charge is 0.291 e. The standard InChI is InChI=1S/C34H37F2N7O5S3/c1-21(2)50(44,45)41-14-10-24(11-15-41)27-16-26(51(46,47)43(34(20-37)12-13-34)19-23-6-8-25(48-3)9-7-23)17-28-29(32-38-39-33(49-32)31(35)36)40-42(30(27)28)18-22-4-5-22/h6-10,16-17,21-22,31H,4-5,11-15,18-19H2,1-3H3. The maximum absolute atomic E-state index is 14.9. The van der Waals surface area contributed by atoms with Crippen molar-refractivity contribution in [1.29, 1.82) is 5.26 Å². The van der Waals surface area contributed by atoms with Crippen LogP contribution in [0.25, 0.3) is 27.2 Å². The van der Waals surface area contributed by atoms with Crippen molar-refractivity contribution < 1.29 is 30.4 Å². The number of methoxy groups -OCH3 is 1. The van der Waals surface area contributed by atoms with Gasteiger partial charge in [0.15, 0.2) is 10.0 Å². The van der Waals surface area contributed by atoms with Crippen LogP contribution in [0.4, 0.5) is 8.78 Å². The summed E-state index contributed by atoms with van der Waals surface area (Å²) in [6.45, 7) is 4.01. The van der Waals surface area contributed by atoms with Crippen LogP contribution in [-0.2, 0) is 33.1 Å². The predicted molar refractivity (Wildman–Crippen MR) is 188 cm³/mol. The highest BCUT2D eigenvalue weighted by atomic mass is 32.2. The minimum Gasteiger partial charge on any atom is -0.497 e. The van der Waals surface area contributed by atoms with Crippen LogP contribution < -0.4 is 4.74 Å². The molecule has 3 aliphatic rings. The van der Waals surface area contributed by atoms with Crippen molar-refractivity contribution in [3.8, 4) is 22.5 Å². The molecule has 270 valence electrons. The zero-order valence-electron chi connectivity index (χ0n) is 28.3. The lowest BCUT2D eigenvalue weighted by atomic mass is 9.97. The summed E-state index contributed by atoms with van der Waals surface area (Å²) in [6.07, 6.45) is 1.99. The second-order valence-electron chi connectivity index (χ2n) is 13.5. The highest BCUT2D eigenvalue weighted by molar-refractivity contribution is 7.89. The molecule has 0 bridgehead atoms. The third kappa shape index (κ3) is 6.68. The number of ether oxygens (including phenoxy) is 1. The molecule has 0 unspecified atom stereocenters. The van der Waals surface area contributed by atoms with E-state index in [0.717, 1.165) is 18.4 Å². The normalized spacial score (nSPS) is 18.1. The van der Waals surface area contributed by atoms with E-state index in [0.29, 0.717) is 70.8 Å². The van der Waals surface area contributed by atoms with Crippen LogP contribution in [0.3, 0.4) is 0 Å². The van der Waals surface area contributed by atoms with E-state index in [9.17, 15) is 30.9 Å². The van der Waals surface area contributed by atoms with Gasteiger partial charge in [-0.25, -0.2) is 25.6 Å². The van der Waals surface area contributed by atoms with E-state index in [1.54, 1.807) is 54.9 Å². The first-order chi connectivity index (χ1) is 24.3. The molecule has 7 rings (SSSR count). The molecule has 0 atom stereocenters. The zero-order chi connectivity index (χ0) is 36.3. The highest BCUT2D eigenvalue weighted by Gasteiger charge is 2.54. The predicted octanol–water partition coefficient (Wildman–Crippen LogP) is 5.99. The van der Waals surface area contributed by atoms with Gasteiger partial charge < -0.3 is 4.74 Å². The molecular weight excluding hydrogens is 721 g/mol. The molecule has 1 aliphatic heterocycles. The van der Waals surface area contributed by atoms with Crippen LogP contribution in [0.1, 0.15) is 68.5 Å². The first kappa shape index (κ1) is 35.6. The van der Waals surface area contributed by atoms with E-state index in [-0.39, 0.29) is 35.2 Å². The molecule has 0 spiro atoms. The third-order valence-electron chi connectivity index (χ3n) is 9.73. The Kier molecular flexibility index (Phi) is 9.28. The van der Waals surface area contributed by atoms with Crippen LogP contribution >= 0.6 is 11.3 Å². The Morgan fingerprint density at radius 2 is 1.84 bits per heavy atom. The van der Waals surface area contributed by atoms with Crippen molar-refractivity contribution in [1.82, 2.24) is 28.6 Å². The van der Waals surface area contributed by atoms with Crippen LogP contribution in [0.15, 0.2) is 47.4 Å². The second kappa shape index (κ2) is 13.3. The lowest BCUT2D eigenvalue weighted by Crippen LogP contribution is -2.41. The van der Waals surface area contributed by atoms with Gasteiger partial charge in [0.1, 0.15) is 17.0 Å². The number of fused-ring (bicyclic) bond motifs is 1. The molecule has 2 saturated carbocycles. The first-order valence-corrected chi connectivity index (χ1v) is 20.5. The minimum absolute atomic E-state index is 0.0695. The first-order valence-electron chi connectivity index (χ1n) is 16.7. The van der Waals surface area contributed by atoms with Crippen LogP contribution in [0.2, 0.25) is 0 Å². The summed E-state index contributed by atoms with van der Waals surface area (Å²) in [6, 6.07) is 12.3. The fourth-order valence-electron chi connectivity index (χ4n) is 6.39. The highest BCUT2D eigenvalue weighted by Crippen LogP contribution is 2.47. The number of aromatic nitrogens is 4. The molecule has 17 heteroatoms. The molecule has 2 aromatic heterocycles. The van der Waals surface area contributed by atoms with Gasteiger partial charge in [0.05, 0.1) is 28.8 Å². The summed E-state index contributed by atoms with van der Waals surface area (Å²) < 4.78 is 92.8. The van der Waals surface area contributed by atoms with E-state index < -0.39 is 42.3 Å². The number of halogens is 2. The quantitative estimate of drug-likeness (QED) is 0.160. The van der Waals surface area contributed by atoms with E-state index in [2.05, 4.69) is 16.3 Å². The monoisotopic (exact) mass is 757 g/mol. The fraction of sp³-hybridized carbons (Fsp3) is 0.471. The van der Waals surface area contributed by atoms with Crippen molar-refractivity contribution in [2.24, 2.45) is 5.92 Å². The summed E-state index contributed by atoms with van der Waals surface area (Å²) in [4.78, 5) is -0.0935. The van der Waals surface area contributed by atoms with Gasteiger partial charge >= 0.3 is 0 Å². The van der Waals surface area contributed by atoms with Gasteiger partial charge in [-0.1, -0.05) is 29.5 Å². The largest absolute Gasteiger partial charge is 0.497 e. The summed E-state index contributed by atoms with van der Waals surface area (Å²) in [5.41, 5.74) is 1.56. The number of nitriles is 1. The number of hydrogen-bond donors (Lipinski definition) is 0. The summed E-state index contributed by atoms with van der Waals surface area (Å²) in [5.74, 6) is 0.952.